The highest BCUT2D eigenvalue weighted by Crippen LogP contribution is 2.69. The van der Waals surface area contributed by atoms with Crippen LogP contribution in [-0.2, 0) is 4.79 Å². The molecule has 4 saturated carbocycles. The Morgan fingerprint density at radius 2 is 1.77 bits per heavy atom. The molecule has 31 heavy (non-hydrogen) atoms. The summed E-state index contributed by atoms with van der Waals surface area (Å²) >= 11 is 0. The molecule has 4 fully saturated rings. The zero-order chi connectivity index (χ0) is 22.7. The molecule has 0 aromatic heterocycles. The molecule has 5 heteroatoms. The average Bonchev–Trinajstić information content (AvgIpc) is 3.04. The van der Waals surface area contributed by atoms with Gasteiger partial charge in [-0.05, 0) is 97.2 Å². The average molecular weight is 437 g/mol. The number of carbonyl (C=O) groups is 1. The van der Waals surface area contributed by atoms with E-state index in [0.29, 0.717) is 24.2 Å². The summed E-state index contributed by atoms with van der Waals surface area (Å²) in [4.78, 5) is 11.1. The molecule has 0 saturated heterocycles. The number of hydrogen-bond donors (Lipinski definition) is 4. The van der Waals surface area contributed by atoms with E-state index >= 15 is 0 Å². The lowest BCUT2D eigenvalue weighted by Crippen LogP contribution is -2.65. The van der Waals surface area contributed by atoms with Crippen LogP contribution in [0.25, 0.3) is 0 Å². The normalized spacial score (nSPS) is 52.7. The summed E-state index contributed by atoms with van der Waals surface area (Å²) in [5.74, 6) is 1.00. The maximum atomic E-state index is 11.7. The smallest absolute Gasteiger partial charge is 0.303 e. The first-order valence-electron chi connectivity index (χ1n) is 12.8. The van der Waals surface area contributed by atoms with Gasteiger partial charge in [0.1, 0.15) is 0 Å². The predicted octanol–water partition coefficient (Wildman–Crippen LogP) is 4.08. The second-order valence-electron chi connectivity index (χ2n) is 12.2. The van der Waals surface area contributed by atoms with Crippen molar-refractivity contribution >= 4 is 5.97 Å². The standard InChI is InChI=1S/C26H44O5/c1-5-16-19-12-15(27)10-11-25(19,3)23-20(28)13-26(4)17(14(2)6-9-21(29)30)7-8-18(26)22(23)24(16)31/h14-20,22-24,27-28,31H,5-13H2,1-4H3,(H,29,30)/t14-,15-,16-,17-,18+,19+,20-,22+,23+,24-,25+,26-/m1/s1. The Hall–Kier alpha value is -0.650. The van der Waals surface area contributed by atoms with E-state index in [1.54, 1.807) is 0 Å². The summed E-state index contributed by atoms with van der Waals surface area (Å²) < 4.78 is 0. The lowest BCUT2D eigenvalue weighted by atomic mass is 9.40. The molecule has 0 radical (unpaired) electrons. The zero-order valence-electron chi connectivity index (χ0n) is 19.8. The molecular formula is C26H44O5. The summed E-state index contributed by atoms with van der Waals surface area (Å²) in [7, 11) is 0. The molecule has 5 nitrogen and oxygen atoms in total. The first-order valence-corrected chi connectivity index (χ1v) is 12.8. The van der Waals surface area contributed by atoms with Crippen LogP contribution in [0, 0.1) is 52.3 Å². The van der Waals surface area contributed by atoms with E-state index in [4.69, 9.17) is 5.11 Å². The molecule has 4 aliphatic rings. The van der Waals surface area contributed by atoms with Crippen LogP contribution in [0.2, 0.25) is 0 Å². The Bertz CT molecular complexity index is 681. The number of carboxylic acids is 1. The predicted molar refractivity (Wildman–Crippen MR) is 119 cm³/mol. The minimum Gasteiger partial charge on any atom is -0.481 e. The molecule has 12 atom stereocenters. The zero-order valence-corrected chi connectivity index (χ0v) is 19.8. The van der Waals surface area contributed by atoms with Gasteiger partial charge in [0.05, 0.1) is 18.3 Å². The number of aliphatic hydroxyl groups excluding tert-OH is 3. The van der Waals surface area contributed by atoms with E-state index in [1.807, 2.05) is 0 Å². The topological polar surface area (TPSA) is 98.0 Å². The Morgan fingerprint density at radius 1 is 1.06 bits per heavy atom. The molecule has 0 aromatic carbocycles. The summed E-state index contributed by atoms with van der Waals surface area (Å²) in [5.41, 5.74) is -0.0767. The molecule has 0 heterocycles. The first kappa shape index (κ1) is 23.5. The highest BCUT2D eigenvalue weighted by molar-refractivity contribution is 5.66. The second-order valence-corrected chi connectivity index (χ2v) is 12.2. The third-order valence-corrected chi connectivity index (χ3v) is 10.9. The van der Waals surface area contributed by atoms with Gasteiger partial charge in [-0.15, -0.1) is 0 Å². The van der Waals surface area contributed by atoms with E-state index in [2.05, 4.69) is 27.7 Å². The van der Waals surface area contributed by atoms with Gasteiger partial charge in [-0.2, -0.15) is 0 Å². The van der Waals surface area contributed by atoms with E-state index in [9.17, 15) is 20.1 Å². The third-order valence-electron chi connectivity index (χ3n) is 10.9. The van der Waals surface area contributed by atoms with Crippen LogP contribution in [-0.4, -0.2) is 44.7 Å². The van der Waals surface area contributed by atoms with Crippen molar-refractivity contribution in [1.82, 2.24) is 0 Å². The molecule has 4 rings (SSSR count). The SMILES string of the molecule is CC[C@H]1[C@@H](O)[C@@H]2[C@H]([C@H](O)C[C@]3(C)[C@@H]([C@H](C)CCC(=O)O)CC[C@@H]23)[C@@]2(C)CC[C@@H](O)C[C@@H]12. The van der Waals surface area contributed by atoms with Gasteiger partial charge >= 0.3 is 5.97 Å². The Kier molecular flexibility index (Phi) is 6.28. The Morgan fingerprint density at radius 3 is 2.42 bits per heavy atom. The van der Waals surface area contributed by atoms with E-state index in [1.165, 1.54) is 0 Å². The molecule has 0 bridgehead atoms. The maximum absolute atomic E-state index is 11.7. The summed E-state index contributed by atoms with van der Waals surface area (Å²) in [6, 6.07) is 0. The van der Waals surface area contributed by atoms with Gasteiger partial charge < -0.3 is 20.4 Å². The number of rotatable bonds is 5. The van der Waals surface area contributed by atoms with Crippen molar-refractivity contribution in [3.05, 3.63) is 0 Å². The van der Waals surface area contributed by atoms with Crippen molar-refractivity contribution in [3.8, 4) is 0 Å². The first-order chi connectivity index (χ1) is 14.5. The highest BCUT2D eigenvalue weighted by atomic mass is 16.4. The monoisotopic (exact) mass is 436 g/mol. The summed E-state index contributed by atoms with van der Waals surface area (Å²) in [6.45, 7) is 9.01. The van der Waals surface area contributed by atoms with Crippen LogP contribution in [0.5, 0.6) is 0 Å². The van der Waals surface area contributed by atoms with Crippen molar-refractivity contribution in [2.75, 3.05) is 0 Å². The minimum atomic E-state index is -0.734. The van der Waals surface area contributed by atoms with E-state index < -0.39 is 18.2 Å². The van der Waals surface area contributed by atoms with Gasteiger partial charge in [0, 0.05) is 6.42 Å². The van der Waals surface area contributed by atoms with Crippen molar-refractivity contribution < 1.29 is 25.2 Å². The second kappa shape index (κ2) is 8.29. The van der Waals surface area contributed by atoms with Gasteiger partial charge in [-0.1, -0.05) is 34.1 Å². The maximum Gasteiger partial charge on any atom is 0.303 e. The van der Waals surface area contributed by atoms with E-state index in [0.717, 1.165) is 44.9 Å². The fourth-order valence-electron chi connectivity index (χ4n) is 9.60. The van der Waals surface area contributed by atoms with Crippen LogP contribution >= 0.6 is 0 Å². The molecule has 178 valence electrons. The van der Waals surface area contributed by atoms with Crippen molar-refractivity contribution in [2.45, 2.75) is 104 Å². The quantitative estimate of drug-likeness (QED) is 0.520. The summed E-state index contributed by atoms with van der Waals surface area (Å²) in [6.07, 6.45) is 6.04. The van der Waals surface area contributed by atoms with Gasteiger partial charge in [0.15, 0.2) is 0 Å². The molecule has 4 aliphatic carbocycles. The number of aliphatic hydroxyl groups is 3. The molecular weight excluding hydrogens is 392 g/mol. The van der Waals surface area contributed by atoms with Gasteiger partial charge in [0.25, 0.3) is 0 Å². The van der Waals surface area contributed by atoms with Gasteiger partial charge in [0.2, 0.25) is 0 Å². The molecule has 4 N–H and O–H groups in total. The van der Waals surface area contributed by atoms with Gasteiger partial charge in [-0.3, -0.25) is 4.79 Å². The fourth-order valence-corrected chi connectivity index (χ4v) is 9.60. The van der Waals surface area contributed by atoms with Crippen molar-refractivity contribution in [2.24, 2.45) is 52.3 Å². The highest BCUT2D eigenvalue weighted by Gasteiger charge is 2.67. The molecule has 0 amide bonds. The number of aliphatic carboxylic acids is 1. The lowest BCUT2D eigenvalue weighted by Gasteiger charge is -2.66. The van der Waals surface area contributed by atoms with Crippen molar-refractivity contribution in [1.29, 1.82) is 0 Å². The van der Waals surface area contributed by atoms with Crippen molar-refractivity contribution in [3.63, 3.8) is 0 Å². The minimum absolute atomic E-state index is 0.0302. The van der Waals surface area contributed by atoms with E-state index in [-0.39, 0.29) is 47.0 Å². The van der Waals surface area contributed by atoms with Crippen LogP contribution < -0.4 is 0 Å². The van der Waals surface area contributed by atoms with Crippen LogP contribution in [0.3, 0.4) is 0 Å². The molecule has 0 aromatic rings. The molecule has 0 aliphatic heterocycles. The fraction of sp³-hybridized carbons (Fsp3) is 0.962. The van der Waals surface area contributed by atoms with Crippen LogP contribution in [0.4, 0.5) is 0 Å². The Labute approximate surface area is 187 Å². The summed E-state index contributed by atoms with van der Waals surface area (Å²) in [5, 5.41) is 42.9. The van der Waals surface area contributed by atoms with Crippen LogP contribution in [0.15, 0.2) is 0 Å². The Balaban J connectivity index is 1.66. The van der Waals surface area contributed by atoms with Crippen LogP contribution in [0.1, 0.15) is 85.5 Å². The third kappa shape index (κ3) is 3.58. The lowest BCUT2D eigenvalue weighted by molar-refractivity contribution is -0.235. The molecule has 0 unspecified atom stereocenters. The van der Waals surface area contributed by atoms with Gasteiger partial charge in [-0.25, -0.2) is 0 Å². The number of hydrogen-bond acceptors (Lipinski definition) is 4. The number of carboxylic acid groups (broad SMARTS) is 1. The molecule has 0 spiro atoms. The largest absolute Gasteiger partial charge is 0.481 e. The number of fused-ring (bicyclic) bond motifs is 5.